The fourth-order valence-corrected chi connectivity index (χ4v) is 4.47. The summed E-state index contributed by atoms with van der Waals surface area (Å²) in [6, 6.07) is 6.13. The number of thioether (sulfide) groups is 1. The van der Waals surface area contributed by atoms with Crippen molar-refractivity contribution in [1.82, 2.24) is 25.1 Å². The molecule has 0 bridgehead atoms. The van der Waals surface area contributed by atoms with Crippen LogP contribution in [-0.2, 0) is 4.79 Å². The number of piperidine rings is 1. The third kappa shape index (κ3) is 4.09. The molecule has 0 unspecified atom stereocenters. The number of carbonyl (C=O) groups excluding carboxylic acids is 1. The highest BCUT2D eigenvalue weighted by Gasteiger charge is 2.29. The molecule has 1 aliphatic heterocycles. The highest BCUT2D eigenvalue weighted by molar-refractivity contribution is 8.00. The second-order valence-corrected chi connectivity index (χ2v) is 8.90. The first-order chi connectivity index (χ1) is 12.3. The molecule has 0 spiro atoms. The molecule has 1 saturated heterocycles. The topological polar surface area (TPSA) is 63.9 Å². The van der Waals surface area contributed by atoms with Crippen molar-refractivity contribution < 1.29 is 4.79 Å². The second kappa shape index (κ2) is 7.78. The zero-order valence-electron chi connectivity index (χ0n) is 16.1. The van der Waals surface area contributed by atoms with E-state index >= 15 is 0 Å². The van der Waals surface area contributed by atoms with Crippen LogP contribution in [0.1, 0.15) is 38.3 Å². The molecule has 0 saturated carbocycles. The predicted molar refractivity (Wildman–Crippen MR) is 103 cm³/mol. The number of nitrogens with zero attached hydrogens (tertiary/aromatic N) is 5. The molecule has 1 aromatic heterocycles. The third-order valence-electron chi connectivity index (χ3n) is 4.99. The summed E-state index contributed by atoms with van der Waals surface area (Å²) < 4.78 is 1.71. The molecule has 1 fully saturated rings. The van der Waals surface area contributed by atoms with Crippen LogP contribution in [0.5, 0.6) is 0 Å². The molecule has 1 aliphatic rings. The van der Waals surface area contributed by atoms with Crippen LogP contribution in [0, 0.1) is 25.7 Å². The average Bonchev–Trinajstić information content (AvgIpc) is 3.03. The van der Waals surface area contributed by atoms with Crippen molar-refractivity contribution >= 4 is 17.7 Å². The Hall–Kier alpha value is -1.89. The molecule has 26 heavy (non-hydrogen) atoms. The van der Waals surface area contributed by atoms with Gasteiger partial charge in [0.05, 0.1) is 10.9 Å². The summed E-state index contributed by atoms with van der Waals surface area (Å²) in [4.78, 5) is 14.9. The Morgan fingerprint density at radius 1 is 1.19 bits per heavy atom. The normalized spacial score (nSPS) is 21.7. The number of carbonyl (C=O) groups is 1. The van der Waals surface area contributed by atoms with E-state index in [0.29, 0.717) is 17.0 Å². The van der Waals surface area contributed by atoms with Gasteiger partial charge in [0.15, 0.2) is 0 Å². The largest absolute Gasteiger partial charge is 0.341 e. The maximum Gasteiger partial charge on any atom is 0.235 e. The van der Waals surface area contributed by atoms with Gasteiger partial charge >= 0.3 is 0 Å². The van der Waals surface area contributed by atoms with Gasteiger partial charge in [-0.1, -0.05) is 31.7 Å². The number of hydrogen-bond donors (Lipinski definition) is 0. The van der Waals surface area contributed by atoms with Gasteiger partial charge in [0.2, 0.25) is 11.1 Å². The van der Waals surface area contributed by atoms with E-state index in [1.165, 1.54) is 29.3 Å². The third-order valence-corrected chi connectivity index (χ3v) is 6.01. The van der Waals surface area contributed by atoms with Gasteiger partial charge in [0, 0.05) is 13.1 Å². The van der Waals surface area contributed by atoms with E-state index < -0.39 is 0 Å². The summed E-state index contributed by atoms with van der Waals surface area (Å²) in [6.07, 6.45) is 1.19. The summed E-state index contributed by atoms with van der Waals surface area (Å²) in [5.74, 6) is 1.28. The minimum absolute atomic E-state index is 0.169. The van der Waals surface area contributed by atoms with Crippen LogP contribution in [0.25, 0.3) is 5.69 Å². The van der Waals surface area contributed by atoms with Crippen LogP contribution in [0.3, 0.4) is 0 Å². The number of aromatic nitrogens is 4. The van der Waals surface area contributed by atoms with Crippen LogP contribution in [0.2, 0.25) is 0 Å². The zero-order chi connectivity index (χ0) is 18.8. The van der Waals surface area contributed by atoms with Crippen LogP contribution in [0.4, 0.5) is 0 Å². The SMILES string of the molecule is Cc1ccc(-n2nnnc2S[C@H](C)C(=O)N2C[C@@H](C)C[C@H](C)C2)cc1C. The Kier molecular flexibility index (Phi) is 5.65. The van der Waals surface area contributed by atoms with E-state index in [2.05, 4.69) is 55.4 Å². The Balaban J connectivity index is 1.74. The minimum Gasteiger partial charge on any atom is -0.341 e. The van der Waals surface area contributed by atoms with Gasteiger partial charge in [-0.05, 0) is 72.7 Å². The van der Waals surface area contributed by atoms with Crippen molar-refractivity contribution in [1.29, 1.82) is 0 Å². The molecular formula is C19H27N5OS. The van der Waals surface area contributed by atoms with Crippen molar-refractivity contribution in [3.05, 3.63) is 29.3 Å². The Morgan fingerprint density at radius 2 is 1.88 bits per heavy atom. The van der Waals surface area contributed by atoms with E-state index in [1.807, 2.05) is 17.9 Å². The fraction of sp³-hybridized carbons (Fsp3) is 0.579. The van der Waals surface area contributed by atoms with Gasteiger partial charge < -0.3 is 4.90 Å². The average molecular weight is 374 g/mol. The molecule has 3 rings (SSSR count). The zero-order valence-corrected chi connectivity index (χ0v) is 17.0. The maximum atomic E-state index is 12.9. The summed E-state index contributed by atoms with van der Waals surface area (Å²) in [7, 11) is 0. The predicted octanol–water partition coefficient (Wildman–Crippen LogP) is 3.26. The highest BCUT2D eigenvalue weighted by atomic mass is 32.2. The summed E-state index contributed by atoms with van der Waals surface area (Å²) in [5.41, 5.74) is 3.34. The van der Waals surface area contributed by atoms with Crippen LogP contribution in [0.15, 0.2) is 23.4 Å². The van der Waals surface area contributed by atoms with Crippen LogP contribution in [-0.4, -0.2) is 49.4 Å². The molecule has 0 N–H and O–H groups in total. The monoisotopic (exact) mass is 373 g/mol. The van der Waals surface area contributed by atoms with E-state index in [-0.39, 0.29) is 11.2 Å². The molecule has 6 nitrogen and oxygen atoms in total. The first kappa shape index (κ1) is 18.9. The van der Waals surface area contributed by atoms with Gasteiger partial charge in [-0.25, -0.2) is 0 Å². The lowest BCUT2D eigenvalue weighted by Crippen LogP contribution is -2.45. The number of benzene rings is 1. The lowest BCUT2D eigenvalue weighted by atomic mass is 9.92. The van der Waals surface area contributed by atoms with Crippen LogP contribution < -0.4 is 0 Å². The van der Waals surface area contributed by atoms with E-state index in [4.69, 9.17) is 0 Å². The molecule has 2 aromatic rings. The smallest absolute Gasteiger partial charge is 0.235 e. The van der Waals surface area contributed by atoms with Gasteiger partial charge in [-0.2, -0.15) is 4.68 Å². The molecule has 3 atom stereocenters. The number of amides is 1. The van der Waals surface area contributed by atoms with Gasteiger partial charge in [-0.15, -0.1) is 5.10 Å². The van der Waals surface area contributed by atoms with Crippen molar-refractivity contribution in [2.24, 2.45) is 11.8 Å². The van der Waals surface area contributed by atoms with Crippen molar-refractivity contribution in [3.8, 4) is 5.69 Å². The number of hydrogen-bond acceptors (Lipinski definition) is 5. The van der Waals surface area contributed by atoms with E-state index in [1.54, 1.807) is 4.68 Å². The van der Waals surface area contributed by atoms with E-state index in [9.17, 15) is 4.79 Å². The molecule has 0 radical (unpaired) electrons. The number of likely N-dealkylation sites (tertiary alicyclic amines) is 1. The first-order valence-corrected chi connectivity index (χ1v) is 10.0. The standard InChI is InChI=1S/C19H27N5OS/c1-12-8-13(2)11-23(10-12)18(25)16(5)26-19-20-21-22-24(19)17-7-6-14(3)15(4)9-17/h6-7,9,12-13,16H,8,10-11H2,1-5H3/t12-,13-,16+/m0/s1. The Morgan fingerprint density at radius 3 is 2.54 bits per heavy atom. The van der Waals surface area contributed by atoms with Gasteiger partial charge in [-0.3, -0.25) is 4.79 Å². The number of rotatable bonds is 4. The molecule has 140 valence electrons. The maximum absolute atomic E-state index is 12.9. The summed E-state index contributed by atoms with van der Waals surface area (Å²) in [6.45, 7) is 12.2. The molecule has 2 heterocycles. The first-order valence-electron chi connectivity index (χ1n) is 9.16. The van der Waals surface area contributed by atoms with Gasteiger partial charge in [0.25, 0.3) is 0 Å². The molecule has 0 aliphatic carbocycles. The summed E-state index contributed by atoms with van der Waals surface area (Å²) in [5, 5.41) is 12.5. The molecule has 1 aromatic carbocycles. The fourth-order valence-electron chi connectivity index (χ4n) is 3.58. The summed E-state index contributed by atoms with van der Waals surface area (Å²) >= 11 is 1.42. The highest BCUT2D eigenvalue weighted by Crippen LogP contribution is 2.27. The Bertz CT molecular complexity index is 780. The lowest BCUT2D eigenvalue weighted by Gasteiger charge is -2.36. The molecule has 1 amide bonds. The minimum atomic E-state index is -0.219. The van der Waals surface area contributed by atoms with Crippen LogP contribution >= 0.6 is 11.8 Å². The Labute approximate surface area is 159 Å². The molecular weight excluding hydrogens is 346 g/mol. The molecule has 7 heteroatoms. The van der Waals surface area contributed by atoms with E-state index in [0.717, 1.165) is 18.8 Å². The van der Waals surface area contributed by atoms with Crippen molar-refractivity contribution in [2.45, 2.75) is 51.4 Å². The lowest BCUT2D eigenvalue weighted by molar-refractivity contribution is -0.132. The van der Waals surface area contributed by atoms with Crippen molar-refractivity contribution in [3.63, 3.8) is 0 Å². The second-order valence-electron chi connectivity index (χ2n) is 7.59. The number of aryl methyl sites for hydroxylation is 2. The quantitative estimate of drug-likeness (QED) is 0.770. The number of tetrazole rings is 1. The van der Waals surface area contributed by atoms with Crippen molar-refractivity contribution in [2.75, 3.05) is 13.1 Å². The van der Waals surface area contributed by atoms with Gasteiger partial charge in [0.1, 0.15) is 0 Å².